The summed E-state index contributed by atoms with van der Waals surface area (Å²) in [6.45, 7) is 3.08. The minimum atomic E-state index is -1.29. The second kappa shape index (κ2) is 3.71. The number of halogens is 1. The molecule has 0 heterocycles. The standard InChI is InChI=1S/C8H17NO3.ClH/c1-7(4-10)3-5(9)6(11)8(7,2)12;/h5-6,10-12H,3-4,9H2,1-2H3;1H/t5-,6+,7-,8+;/m1./s1. The summed E-state index contributed by atoms with van der Waals surface area (Å²) in [5.41, 5.74) is 3.60. The molecule has 0 radical (unpaired) electrons. The molecule has 80 valence electrons. The van der Waals surface area contributed by atoms with Crippen molar-refractivity contribution in [2.75, 3.05) is 6.61 Å². The molecule has 1 aliphatic rings. The minimum Gasteiger partial charge on any atom is -0.396 e. The third-order valence-corrected chi connectivity index (χ3v) is 3.24. The first kappa shape index (κ1) is 13.1. The first-order valence-electron chi connectivity index (χ1n) is 4.12. The summed E-state index contributed by atoms with van der Waals surface area (Å²) < 4.78 is 0. The Kier molecular flexibility index (Phi) is 3.75. The number of hydrogen-bond acceptors (Lipinski definition) is 4. The van der Waals surface area contributed by atoms with Crippen LogP contribution in [-0.4, -0.2) is 39.7 Å². The summed E-state index contributed by atoms with van der Waals surface area (Å²) in [4.78, 5) is 0. The highest BCUT2D eigenvalue weighted by molar-refractivity contribution is 5.85. The molecule has 0 aliphatic heterocycles. The maximum atomic E-state index is 9.86. The molecule has 5 N–H and O–H groups in total. The molecule has 1 rings (SSSR count). The number of hydrogen-bond donors (Lipinski definition) is 4. The molecule has 4 nitrogen and oxygen atoms in total. The van der Waals surface area contributed by atoms with E-state index in [2.05, 4.69) is 0 Å². The Morgan fingerprint density at radius 3 is 2.08 bits per heavy atom. The summed E-state index contributed by atoms with van der Waals surface area (Å²) in [7, 11) is 0. The van der Waals surface area contributed by atoms with Crippen molar-refractivity contribution >= 4 is 12.4 Å². The molecule has 0 aromatic rings. The SMILES string of the molecule is C[C@]1(CO)C[C@@H](N)[C@H](O)[C@]1(C)O.Cl. The minimum absolute atomic E-state index is 0. The molecule has 4 atom stereocenters. The lowest BCUT2D eigenvalue weighted by atomic mass is 9.77. The highest BCUT2D eigenvalue weighted by atomic mass is 35.5. The normalized spacial score (nSPS) is 50.3. The van der Waals surface area contributed by atoms with Gasteiger partial charge in [-0.2, -0.15) is 0 Å². The van der Waals surface area contributed by atoms with Gasteiger partial charge in [0.05, 0.1) is 18.3 Å². The van der Waals surface area contributed by atoms with Gasteiger partial charge in [0.25, 0.3) is 0 Å². The molecule has 1 aliphatic carbocycles. The summed E-state index contributed by atoms with van der Waals surface area (Å²) in [6.07, 6.45) is -0.507. The molecule has 5 heteroatoms. The molecule has 0 bridgehead atoms. The van der Waals surface area contributed by atoms with E-state index in [0.29, 0.717) is 6.42 Å². The predicted octanol–water partition coefficient (Wildman–Crippen LogP) is -0.750. The molecule has 13 heavy (non-hydrogen) atoms. The molecular formula is C8H18ClNO3. The topological polar surface area (TPSA) is 86.7 Å². The monoisotopic (exact) mass is 211 g/mol. The van der Waals surface area contributed by atoms with Gasteiger partial charge < -0.3 is 21.1 Å². The zero-order valence-corrected chi connectivity index (χ0v) is 8.71. The zero-order chi connectivity index (χ0) is 9.57. The Hall–Kier alpha value is 0.130. The summed E-state index contributed by atoms with van der Waals surface area (Å²) in [6, 6.07) is -0.447. The van der Waals surface area contributed by atoms with Crippen LogP contribution >= 0.6 is 12.4 Å². The van der Waals surface area contributed by atoms with Crippen LogP contribution < -0.4 is 5.73 Å². The highest BCUT2D eigenvalue weighted by Gasteiger charge is 2.56. The van der Waals surface area contributed by atoms with Crippen molar-refractivity contribution in [3.05, 3.63) is 0 Å². The maximum Gasteiger partial charge on any atom is 0.0981 e. The Labute approximate surface area is 84.2 Å². The number of rotatable bonds is 1. The van der Waals surface area contributed by atoms with E-state index in [1.54, 1.807) is 6.92 Å². The zero-order valence-electron chi connectivity index (χ0n) is 7.90. The van der Waals surface area contributed by atoms with Gasteiger partial charge in [-0.25, -0.2) is 0 Å². The average Bonchev–Trinajstić information content (AvgIpc) is 2.14. The van der Waals surface area contributed by atoms with Crippen LogP contribution in [0.4, 0.5) is 0 Å². The van der Waals surface area contributed by atoms with Crippen molar-refractivity contribution < 1.29 is 15.3 Å². The second-order valence-electron chi connectivity index (χ2n) is 4.18. The maximum absolute atomic E-state index is 9.86. The van der Waals surface area contributed by atoms with E-state index in [1.165, 1.54) is 6.92 Å². The van der Waals surface area contributed by atoms with Crippen molar-refractivity contribution in [1.82, 2.24) is 0 Å². The predicted molar refractivity (Wildman–Crippen MR) is 51.7 cm³/mol. The van der Waals surface area contributed by atoms with Crippen molar-refractivity contribution in [2.45, 2.75) is 38.0 Å². The van der Waals surface area contributed by atoms with Gasteiger partial charge in [0.15, 0.2) is 0 Å². The van der Waals surface area contributed by atoms with Crippen LogP contribution in [0.2, 0.25) is 0 Å². The number of aliphatic hydroxyl groups excluding tert-OH is 2. The van der Waals surface area contributed by atoms with E-state index >= 15 is 0 Å². The highest BCUT2D eigenvalue weighted by Crippen LogP contribution is 2.45. The van der Waals surface area contributed by atoms with E-state index in [1.807, 2.05) is 0 Å². The fourth-order valence-corrected chi connectivity index (χ4v) is 1.84. The third-order valence-electron chi connectivity index (χ3n) is 3.24. The molecule has 0 aromatic heterocycles. The molecule has 1 fully saturated rings. The largest absolute Gasteiger partial charge is 0.396 e. The summed E-state index contributed by atoms with van der Waals surface area (Å²) in [5, 5.41) is 28.4. The summed E-state index contributed by atoms with van der Waals surface area (Å²) >= 11 is 0. The van der Waals surface area contributed by atoms with Crippen molar-refractivity contribution in [1.29, 1.82) is 0 Å². The van der Waals surface area contributed by atoms with Crippen molar-refractivity contribution in [3.8, 4) is 0 Å². The Morgan fingerprint density at radius 1 is 1.46 bits per heavy atom. The van der Waals surface area contributed by atoms with E-state index in [0.717, 1.165) is 0 Å². The van der Waals surface area contributed by atoms with Gasteiger partial charge in [0, 0.05) is 11.5 Å². The van der Waals surface area contributed by atoms with Crippen molar-refractivity contribution in [3.63, 3.8) is 0 Å². The average molecular weight is 212 g/mol. The third kappa shape index (κ3) is 1.69. The first-order chi connectivity index (χ1) is 5.35. The fourth-order valence-electron chi connectivity index (χ4n) is 1.84. The number of nitrogens with two attached hydrogens (primary N) is 1. The molecule has 1 saturated carbocycles. The van der Waals surface area contributed by atoms with Crippen LogP contribution in [0.3, 0.4) is 0 Å². The molecule has 0 unspecified atom stereocenters. The van der Waals surface area contributed by atoms with Crippen LogP contribution in [0.5, 0.6) is 0 Å². The van der Waals surface area contributed by atoms with E-state index in [-0.39, 0.29) is 19.0 Å². The van der Waals surface area contributed by atoms with E-state index < -0.39 is 23.2 Å². The molecule has 0 amide bonds. The van der Waals surface area contributed by atoms with E-state index in [4.69, 9.17) is 10.8 Å². The lowest BCUT2D eigenvalue weighted by Gasteiger charge is -2.36. The molecule has 0 spiro atoms. The van der Waals surface area contributed by atoms with Crippen LogP contribution in [0, 0.1) is 5.41 Å². The van der Waals surface area contributed by atoms with Crippen LogP contribution in [0.25, 0.3) is 0 Å². The lowest BCUT2D eigenvalue weighted by Crippen LogP contribution is -2.50. The smallest absolute Gasteiger partial charge is 0.0981 e. The quantitative estimate of drug-likeness (QED) is 0.460. The van der Waals surface area contributed by atoms with Crippen molar-refractivity contribution in [2.24, 2.45) is 11.1 Å². The van der Waals surface area contributed by atoms with Gasteiger partial charge >= 0.3 is 0 Å². The Morgan fingerprint density at radius 2 is 1.92 bits per heavy atom. The van der Waals surface area contributed by atoms with Gasteiger partial charge in [-0.05, 0) is 13.3 Å². The molecular weight excluding hydrogens is 194 g/mol. The van der Waals surface area contributed by atoms with Gasteiger partial charge in [-0.1, -0.05) is 6.92 Å². The Balaban J connectivity index is 0.00000144. The second-order valence-corrected chi connectivity index (χ2v) is 4.18. The first-order valence-corrected chi connectivity index (χ1v) is 4.12. The fraction of sp³-hybridized carbons (Fsp3) is 1.00. The van der Waals surface area contributed by atoms with Gasteiger partial charge in [-0.3, -0.25) is 0 Å². The van der Waals surface area contributed by atoms with E-state index in [9.17, 15) is 10.2 Å². The van der Waals surface area contributed by atoms with Crippen LogP contribution in [0.1, 0.15) is 20.3 Å². The lowest BCUT2D eigenvalue weighted by molar-refractivity contribution is -0.119. The number of aliphatic hydroxyl groups is 3. The van der Waals surface area contributed by atoms with Gasteiger partial charge in [0.2, 0.25) is 0 Å². The van der Waals surface area contributed by atoms with Crippen LogP contribution in [0.15, 0.2) is 0 Å². The van der Waals surface area contributed by atoms with Gasteiger partial charge in [-0.15, -0.1) is 12.4 Å². The Bertz CT molecular complexity index is 185. The van der Waals surface area contributed by atoms with Crippen LogP contribution in [-0.2, 0) is 0 Å². The van der Waals surface area contributed by atoms with Gasteiger partial charge in [0.1, 0.15) is 0 Å². The molecule has 0 saturated heterocycles. The molecule has 0 aromatic carbocycles. The summed E-state index contributed by atoms with van der Waals surface area (Å²) in [5.74, 6) is 0.